The molecule has 0 fully saturated rings. The highest BCUT2D eigenvalue weighted by atomic mass is 16.4. The number of rotatable bonds is 1. The van der Waals surface area contributed by atoms with Gasteiger partial charge in [0.25, 0.3) is 0 Å². The standard InChI is InChI=1S/C5H5BN2O2/c1-8-3(4(9)10)2-7-5(8)6/h2H,1H3,(H,9,10). The minimum atomic E-state index is -1.02. The summed E-state index contributed by atoms with van der Waals surface area (Å²) >= 11 is 0. The van der Waals surface area contributed by atoms with Gasteiger partial charge in [0.2, 0.25) is 0 Å². The van der Waals surface area contributed by atoms with Gasteiger partial charge in [-0.2, -0.15) is 0 Å². The van der Waals surface area contributed by atoms with Crippen LogP contribution < -0.4 is 5.72 Å². The van der Waals surface area contributed by atoms with E-state index in [1.54, 1.807) is 7.05 Å². The van der Waals surface area contributed by atoms with Crippen LogP contribution in [0.15, 0.2) is 6.20 Å². The molecule has 1 aromatic heterocycles. The van der Waals surface area contributed by atoms with E-state index in [4.69, 9.17) is 13.0 Å². The van der Waals surface area contributed by atoms with Crippen LogP contribution in [0.25, 0.3) is 0 Å². The number of aromatic carboxylic acids is 1. The zero-order chi connectivity index (χ0) is 7.72. The van der Waals surface area contributed by atoms with Gasteiger partial charge in [0.05, 0.1) is 6.20 Å². The van der Waals surface area contributed by atoms with E-state index in [1.807, 2.05) is 0 Å². The van der Waals surface area contributed by atoms with Crippen molar-refractivity contribution in [2.24, 2.45) is 7.05 Å². The zero-order valence-electron chi connectivity index (χ0n) is 5.40. The largest absolute Gasteiger partial charge is 0.477 e. The SMILES string of the molecule is [B]c1ncc(C(=O)O)n1C. The molecule has 0 aliphatic heterocycles. The number of nitrogens with zero attached hydrogens (tertiary/aromatic N) is 2. The van der Waals surface area contributed by atoms with Crippen LogP contribution in [0.2, 0.25) is 0 Å². The number of aromatic nitrogens is 2. The molecule has 2 radical (unpaired) electrons. The van der Waals surface area contributed by atoms with Crippen molar-refractivity contribution in [3.63, 3.8) is 0 Å². The molecule has 1 heterocycles. The Morgan fingerprint density at radius 1 is 1.90 bits per heavy atom. The van der Waals surface area contributed by atoms with Crippen LogP contribution in [0, 0.1) is 0 Å². The first-order valence-electron chi connectivity index (χ1n) is 2.63. The van der Waals surface area contributed by atoms with Crippen LogP contribution >= 0.6 is 0 Å². The lowest BCUT2D eigenvalue weighted by Crippen LogP contribution is -2.18. The lowest BCUT2D eigenvalue weighted by molar-refractivity contribution is 0.0687. The molecule has 0 aliphatic rings. The fourth-order valence-corrected chi connectivity index (χ4v) is 0.623. The molecule has 1 rings (SSSR count). The van der Waals surface area contributed by atoms with E-state index >= 15 is 0 Å². The Kier molecular flexibility index (Phi) is 1.49. The van der Waals surface area contributed by atoms with Crippen molar-refractivity contribution in [2.45, 2.75) is 0 Å². The maximum atomic E-state index is 10.3. The number of carbonyl (C=O) groups is 1. The summed E-state index contributed by atoms with van der Waals surface area (Å²) in [5.41, 5.74) is 0.301. The topological polar surface area (TPSA) is 55.1 Å². The molecule has 0 aromatic carbocycles. The van der Waals surface area contributed by atoms with Crippen molar-refractivity contribution in [1.29, 1.82) is 0 Å². The van der Waals surface area contributed by atoms with Gasteiger partial charge in [-0.05, 0) is 0 Å². The predicted molar refractivity (Wildman–Crippen MR) is 35.6 cm³/mol. The molecule has 0 spiro atoms. The van der Waals surface area contributed by atoms with E-state index in [-0.39, 0.29) is 11.4 Å². The van der Waals surface area contributed by atoms with E-state index in [1.165, 1.54) is 10.8 Å². The number of hydrogen-bond donors (Lipinski definition) is 1. The Labute approximate surface area is 58.9 Å². The van der Waals surface area contributed by atoms with Gasteiger partial charge in [0, 0.05) is 12.8 Å². The lowest BCUT2D eigenvalue weighted by atomic mass is 10.1. The van der Waals surface area contributed by atoms with Gasteiger partial charge in [-0.15, -0.1) is 0 Å². The highest BCUT2D eigenvalue weighted by Crippen LogP contribution is 1.91. The van der Waals surface area contributed by atoms with Gasteiger partial charge in [0.1, 0.15) is 5.69 Å². The van der Waals surface area contributed by atoms with Gasteiger partial charge in [-0.3, -0.25) is 4.98 Å². The first-order valence-corrected chi connectivity index (χ1v) is 2.63. The van der Waals surface area contributed by atoms with Gasteiger partial charge < -0.3 is 9.67 Å². The predicted octanol–water partition coefficient (Wildman–Crippen LogP) is -1.09. The monoisotopic (exact) mass is 136 g/mol. The van der Waals surface area contributed by atoms with Crippen molar-refractivity contribution < 1.29 is 9.90 Å². The second kappa shape index (κ2) is 2.17. The average Bonchev–Trinajstić information content (AvgIpc) is 2.14. The lowest BCUT2D eigenvalue weighted by Gasteiger charge is -1.96. The summed E-state index contributed by atoms with van der Waals surface area (Å²) in [6.07, 6.45) is 1.22. The van der Waals surface area contributed by atoms with Crippen molar-refractivity contribution in [2.75, 3.05) is 0 Å². The first kappa shape index (κ1) is 6.86. The second-order valence-electron chi connectivity index (χ2n) is 1.87. The van der Waals surface area contributed by atoms with Crippen LogP contribution in [0.3, 0.4) is 0 Å². The molecular weight excluding hydrogens is 131 g/mol. The molecule has 0 unspecified atom stereocenters. The molecule has 50 valence electrons. The molecule has 0 saturated carbocycles. The minimum Gasteiger partial charge on any atom is -0.477 e. The van der Waals surface area contributed by atoms with Crippen LogP contribution in [0.5, 0.6) is 0 Å². The van der Waals surface area contributed by atoms with Gasteiger partial charge in [-0.1, -0.05) is 0 Å². The molecule has 0 aliphatic carbocycles. The third-order valence-corrected chi connectivity index (χ3v) is 1.24. The van der Waals surface area contributed by atoms with E-state index in [0.29, 0.717) is 0 Å². The number of carboxylic acids is 1. The summed E-state index contributed by atoms with van der Waals surface area (Å²) in [7, 11) is 6.81. The van der Waals surface area contributed by atoms with Gasteiger partial charge in [-0.25, -0.2) is 4.79 Å². The molecule has 1 N–H and O–H groups in total. The van der Waals surface area contributed by atoms with E-state index in [2.05, 4.69) is 4.98 Å². The fraction of sp³-hybridized carbons (Fsp3) is 0.200. The molecule has 10 heavy (non-hydrogen) atoms. The highest BCUT2D eigenvalue weighted by molar-refractivity contribution is 6.29. The van der Waals surface area contributed by atoms with Crippen LogP contribution in [-0.4, -0.2) is 28.5 Å². The van der Waals surface area contributed by atoms with Gasteiger partial charge in [0.15, 0.2) is 7.85 Å². The highest BCUT2D eigenvalue weighted by Gasteiger charge is 2.08. The smallest absolute Gasteiger partial charge is 0.354 e. The van der Waals surface area contributed by atoms with E-state index in [9.17, 15) is 4.79 Å². The Morgan fingerprint density at radius 3 is 2.70 bits per heavy atom. The van der Waals surface area contributed by atoms with Crippen LogP contribution in [-0.2, 0) is 7.05 Å². The van der Waals surface area contributed by atoms with E-state index in [0.717, 1.165) is 0 Å². The van der Waals surface area contributed by atoms with Crippen molar-refractivity contribution in [3.8, 4) is 0 Å². The maximum absolute atomic E-state index is 10.3. The number of imidazole rings is 1. The van der Waals surface area contributed by atoms with Crippen LogP contribution in [0.1, 0.15) is 10.5 Å². The molecule has 0 bridgehead atoms. The third kappa shape index (κ3) is 0.898. The summed E-state index contributed by atoms with van der Waals surface area (Å²) in [6.45, 7) is 0. The zero-order valence-corrected chi connectivity index (χ0v) is 5.40. The average molecular weight is 136 g/mol. The van der Waals surface area contributed by atoms with Crippen molar-refractivity contribution >= 4 is 19.5 Å². The minimum absolute atomic E-state index is 0.0949. The molecule has 0 amide bonds. The molecule has 1 aromatic rings. The van der Waals surface area contributed by atoms with Crippen LogP contribution in [0.4, 0.5) is 0 Å². The quantitative estimate of drug-likeness (QED) is 0.499. The van der Waals surface area contributed by atoms with Crippen molar-refractivity contribution in [3.05, 3.63) is 11.9 Å². The van der Waals surface area contributed by atoms with E-state index < -0.39 is 5.97 Å². The Balaban J connectivity index is 3.17. The Bertz CT molecular complexity index is 269. The normalized spacial score (nSPS) is 9.70. The Hall–Kier alpha value is -1.26. The molecule has 5 heteroatoms. The Morgan fingerprint density at radius 2 is 2.50 bits per heavy atom. The summed E-state index contributed by atoms with van der Waals surface area (Å²) in [4.78, 5) is 13.9. The summed E-state index contributed by atoms with van der Waals surface area (Å²) in [5, 5.41) is 8.46. The molecule has 4 nitrogen and oxygen atoms in total. The second-order valence-corrected chi connectivity index (χ2v) is 1.87. The molecular formula is C5H5BN2O2. The summed E-state index contributed by atoms with van der Waals surface area (Å²) in [6, 6.07) is 0. The summed E-state index contributed by atoms with van der Waals surface area (Å²) in [5.74, 6) is -1.02. The van der Waals surface area contributed by atoms with Crippen molar-refractivity contribution in [1.82, 2.24) is 9.55 Å². The molecule has 0 atom stereocenters. The maximum Gasteiger partial charge on any atom is 0.354 e. The first-order chi connectivity index (χ1) is 4.63. The fourth-order valence-electron chi connectivity index (χ4n) is 0.623. The number of carboxylic acid groups (broad SMARTS) is 1. The molecule has 0 saturated heterocycles. The number of hydrogen-bond acceptors (Lipinski definition) is 2. The summed E-state index contributed by atoms with van der Waals surface area (Å²) < 4.78 is 1.31. The van der Waals surface area contributed by atoms with Gasteiger partial charge >= 0.3 is 5.97 Å². The third-order valence-electron chi connectivity index (χ3n) is 1.24.